The van der Waals surface area contributed by atoms with Crippen LogP contribution in [0.3, 0.4) is 0 Å². The lowest BCUT2D eigenvalue weighted by Crippen LogP contribution is -2.24. The number of nitrogens with one attached hydrogen (secondary N) is 2. The van der Waals surface area contributed by atoms with E-state index in [4.69, 9.17) is 10.5 Å². The molecule has 0 saturated heterocycles. The molecule has 142 valence electrons. The average Bonchev–Trinajstić information content (AvgIpc) is 3.27. The van der Waals surface area contributed by atoms with E-state index in [0.29, 0.717) is 11.6 Å². The van der Waals surface area contributed by atoms with Crippen LogP contribution in [0.1, 0.15) is 43.5 Å². The summed E-state index contributed by atoms with van der Waals surface area (Å²) in [6, 6.07) is 8.25. The number of H-pyrrole nitrogens is 2. The van der Waals surface area contributed by atoms with E-state index in [1.807, 2.05) is 20.8 Å². The quantitative estimate of drug-likeness (QED) is 0.631. The van der Waals surface area contributed by atoms with Crippen LogP contribution in [0.2, 0.25) is 0 Å². The van der Waals surface area contributed by atoms with Crippen molar-refractivity contribution in [2.45, 2.75) is 32.1 Å². The highest BCUT2D eigenvalue weighted by atomic mass is 19.1. The Labute approximate surface area is 161 Å². The van der Waals surface area contributed by atoms with Crippen molar-refractivity contribution in [3.63, 3.8) is 0 Å². The number of aromatic nitrogens is 4. The van der Waals surface area contributed by atoms with Crippen LogP contribution >= 0.6 is 0 Å². The molecule has 7 nitrogen and oxygen atoms in total. The number of benzene rings is 1. The van der Waals surface area contributed by atoms with E-state index in [1.165, 1.54) is 12.1 Å². The Kier molecular flexibility index (Phi) is 3.96. The van der Waals surface area contributed by atoms with Crippen molar-refractivity contribution in [2.24, 2.45) is 5.73 Å². The zero-order valence-electron chi connectivity index (χ0n) is 15.7. The van der Waals surface area contributed by atoms with Gasteiger partial charge in [-0.3, -0.25) is 10.2 Å². The van der Waals surface area contributed by atoms with Gasteiger partial charge in [0.15, 0.2) is 0 Å². The number of nitriles is 1. The van der Waals surface area contributed by atoms with E-state index >= 15 is 0 Å². The second kappa shape index (κ2) is 6.23. The number of halogens is 1. The van der Waals surface area contributed by atoms with Crippen molar-refractivity contribution in [1.82, 2.24) is 20.4 Å². The summed E-state index contributed by atoms with van der Waals surface area (Å²) in [4.78, 5) is 0. The Hall–Kier alpha value is -3.60. The zero-order valence-corrected chi connectivity index (χ0v) is 15.7. The van der Waals surface area contributed by atoms with E-state index in [1.54, 1.807) is 18.3 Å². The smallest absolute Gasteiger partial charge is 0.244 e. The Morgan fingerprint density at radius 1 is 1.21 bits per heavy atom. The van der Waals surface area contributed by atoms with Crippen molar-refractivity contribution < 1.29 is 9.13 Å². The van der Waals surface area contributed by atoms with E-state index in [-0.39, 0.29) is 22.7 Å². The van der Waals surface area contributed by atoms with Crippen LogP contribution in [-0.4, -0.2) is 20.4 Å². The minimum atomic E-state index is -0.513. The first kappa shape index (κ1) is 17.8. The van der Waals surface area contributed by atoms with Gasteiger partial charge in [0.2, 0.25) is 11.8 Å². The number of nitrogens with zero attached hydrogens (tertiary/aromatic N) is 3. The van der Waals surface area contributed by atoms with E-state index in [2.05, 4.69) is 26.5 Å². The summed E-state index contributed by atoms with van der Waals surface area (Å²) >= 11 is 0. The molecule has 8 heteroatoms. The highest BCUT2D eigenvalue weighted by Crippen LogP contribution is 2.47. The maximum Gasteiger partial charge on any atom is 0.244 e. The SMILES string of the molecule is CC(C)(C)c1[nH]nc2c1C(c1cn[nH]c1-c1ccc(F)cc1)C(C#N)=C(N)O2. The lowest BCUT2D eigenvalue weighted by atomic mass is 9.78. The van der Waals surface area contributed by atoms with Gasteiger partial charge in [-0.2, -0.15) is 10.4 Å². The molecule has 0 radical (unpaired) electrons. The molecule has 0 bridgehead atoms. The molecule has 4 N–H and O–H groups in total. The molecule has 2 aromatic heterocycles. The van der Waals surface area contributed by atoms with Crippen molar-refractivity contribution in [3.8, 4) is 23.2 Å². The number of rotatable bonds is 2. The predicted octanol–water partition coefficient (Wildman–Crippen LogP) is 3.45. The molecule has 3 aromatic rings. The van der Waals surface area contributed by atoms with Crippen LogP contribution in [0.25, 0.3) is 11.3 Å². The molecule has 0 aliphatic carbocycles. The summed E-state index contributed by atoms with van der Waals surface area (Å²) < 4.78 is 19.0. The van der Waals surface area contributed by atoms with Gasteiger partial charge in [-0.15, -0.1) is 5.10 Å². The van der Waals surface area contributed by atoms with Crippen molar-refractivity contribution in [3.05, 3.63) is 64.6 Å². The number of fused-ring (bicyclic) bond motifs is 1. The number of aromatic amines is 2. The summed E-state index contributed by atoms with van der Waals surface area (Å²) in [6.07, 6.45) is 1.66. The number of hydrogen-bond acceptors (Lipinski definition) is 5. The van der Waals surface area contributed by atoms with Crippen LogP contribution in [0.5, 0.6) is 5.88 Å². The molecule has 0 amide bonds. The second-order valence-corrected chi connectivity index (χ2v) is 7.70. The van der Waals surface area contributed by atoms with Crippen LogP contribution in [-0.2, 0) is 5.41 Å². The van der Waals surface area contributed by atoms with Gasteiger partial charge in [0.1, 0.15) is 17.5 Å². The van der Waals surface area contributed by atoms with E-state index in [0.717, 1.165) is 22.4 Å². The first-order chi connectivity index (χ1) is 13.3. The number of hydrogen-bond donors (Lipinski definition) is 3. The third-order valence-corrected chi connectivity index (χ3v) is 4.80. The van der Waals surface area contributed by atoms with Gasteiger partial charge in [-0.1, -0.05) is 20.8 Å². The minimum absolute atomic E-state index is 0.0122. The first-order valence-corrected chi connectivity index (χ1v) is 8.76. The van der Waals surface area contributed by atoms with Gasteiger partial charge in [0.05, 0.1) is 23.4 Å². The lowest BCUT2D eigenvalue weighted by Gasteiger charge is -2.27. The molecule has 0 saturated carbocycles. The third kappa shape index (κ3) is 2.72. The van der Waals surface area contributed by atoms with Gasteiger partial charge in [-0.05, 0) is 24.3 Å². The maximum absolute atomic E-state index is 13.4. The summed E-state index contributed by atoms with van der Waals surface area (Å²) in [5.41, 5.74) is 9.81. The molecule has 1 aliphatic rings. The van der Waals surface area contributed by atoms with E-state index in [9.17, 15) is 9.65 Å². The standard InChI is InChI=1S/C20H19FN6O/c1-20(2,3)17-15-14(12(8-22)18(23)28-19(15)27-26-17)13-9-24-25-16(13)10-4-6-11(21)7-5-10/h4-7,9,14H,23H2,1-3H3,(H,24,25)(H,26,27). The highest BCUT2D eigenvalue weighted by Gasteiger charge is 2.39. The zero-order chi connectivity index (χ0) is 20.1. The molecule has 0 spiro atoms. The number of allylic oxidation sites excluding steroid dienone is 1. The maximum atomic E-state index is 13.4. The molecule has 1 aliphatic heterocycles. The molecule has 4 rings (SSSR count). The largest absolute Gasteiger partial charge is 0.420 e. The van der Waals surface area contributed by atoms with Gasteiger partial charge in [0.25, 0.3) is 0 Å². The van der Waals surface area contributed by atoms with Gasteiger partial charge >= 0.3 is 0 Å². The summed E-state index contributed by atoms with van der Waals surface area (Å²) in [7, 11) is 0. The number of ether oxygens (including phenoxy) is 1. The summed E-state index contributed by atoms with van der Waals surface area (Å²) in [5, 5.41) is 24.2. The van der Waals surface area contributed by atoms with Crippen LogP contribution < -0.4 is 10.5 Å². The van der Waals surface area contributed by atoms with Crippen molar-refractivity contribution >= 4 is 0 Å². The minimum Gasteiger partial charge on any atom is -0.420 e. The molecular formula is C20H19FN6O. The molecule has 3 heterocycles. The van der Waals surface area contributed by atoms with E-state index < -0.39 is 5.92 Å². The predicted molar refractivity (Wildman–Crippen MR) is 101 cm³/mol. The topological polar surface area (TPSA) is 116 Å². The Morgan fingerprint density at radius 2 is 1.93 bits per heavy atom. The summed E-state index contributed by atoms with van der Waals surface area (Å²) in [6.45, 7) is 6.13. The summed E-state index contributed by atoms with van der Waals surface area (Å²) in [5.74, 6) is -0.485. The fraction of sp³-hybridized carbons (Fsp3) is 0.250. The lowest BCUT2D eigenvalue weighted by molar-refractivity contribution is 0.378. The van der Waals surface area contributed by atoms with Crippen molar-refractivity contribution in [2.75, 3.05) is 0 Å². The van der Waals surface area contributed by atoms with Crippen molar-refractivity contribution in [1.29, 1.82) is 5.26 Å². The fourth-order valence-corrected chi connectivity index (χ4v) is 3.49. The van der Waals surface area contributed by atoms with Gasteiger partial charge in [-0.25, -0.2) is 4.39 Å². The van der Waals surface area contributed by atoms with Crippen LogP contribution in [0, 0.1) is 17.1 Å². The monoisotopic (exact) mass is 378 g/mol. The first-order valence-electron chi connectivity index (χ1n) is 8.76. The second-order valence-electron chi connectivity index (χ2n) is 7.70. The molecule has 1 aromatic carbocycles. The number of nitrogens with two attached hydrogens (primary N) is 1. The normalized spacial score (nSPS) is 16.5. The van der Waals surface area contributed by atoms with Crippen LogP contribution in [0.15, 0.2) is 41.9 Å². The fourth-order valence-electron chi connectivity index (χ4n) is 3.49. The highest BCUT2D eigenvalue weighted by molar-refractivity contribution is 5.68. The molecule has 1 atom stereocenters. The molecule has 0 fully saturated rings. The Morgan fingerprint density at radius 3 is 2.57 bits per heavy atom. The van der Waals surface area contributed by atoms with Gasteiger partial charge < -0.3 is 10.5 Å². The Bertz CT molecular complexity index is 1110. The average molecular weight is 378 g/mol. The van der Waals surface area contributed by atoms with Crippen LogP contribution in [0.4, 0.5) is 4.39 Å². The molecule has 1 unspecified atom stereocenters. The van der Waals surface area contributed by atoms with Gasteiger partial charge in [0, 0.05) is 22.2 Å². The molecular weight excluding hydrogens is 359 g/mol. The Balaban J connectivity index is 1.96. The molecule has 28 heavy (non-hydrogen) atoms. The third-order valence-electron chi connectivity index (χ3n) is 4.80.